The lowest BCUT2D eigenvalue weighted by Gasteiger charge is -2.46. The van der Waals surface area contributed by atoms with Crippen LogP contribution in [-0.4, -0.2) is 93.3 Å². The molecule has 2 N–H and O–H groups in total. The van der Waals surface area contributed by atoms with Crippen molar-refractivity contribution < 1.29 is 41.7 Å². The number of pyridine rings is 1. The highest BCUT2D eigenvalue weighted by Crippen LogP contribution is 2.52. The van der Waals surface area contributed by atoms with Crippen LogP contribution in [0.15, 0.2) is 18.5 Å². The largest absolute Gasteiger partial charge is 0.479 e. The van der Waals surface area contributed by atoms with Crippen LogP contribution in [0, 0.1) is 17.8 Å². The lowest BCUT2D eigenvalue weighted by atomic mass is 9.76. The molecule has 3 aliphatic heterocycles. The number of nitrogens with one attached hydrogen (secondary N) is 1. The second kappa shape index (κ2) is 12.8. The Hall–Kier alpha value is -3.59. The van der Waals surface area contributed by atoms with Gasteiger partial charge in [0.15, 0.2) is 0 Å². The van der Waals surface area contributed by atoms with Gasteiger partial charge in [-0.2, -0.15) is 8.78 Å². The van der Waals surface area contributed by atoms with E-state index in [9.17, 15) is 23.5 Å². The summed E-state index contributed by atoms with van der Waals surface area (Å²) in [4.78, 5) is 43.4. The van der Waals surface area contributed by atoms with Gasteiger partial charge in [0, 0.05) is 50.4 Å². The number of carboxylic acid groups (broad SMARTS) is 1. The Bertz CT molecular complexity index is 1720. The molecule has 52 heavy (non-hydrogen) atoms. The normalized spacial score (nSPS) is 32.3. The third kappa shape index (κ3) is 6.28. The molecule has 0 radical (unpaired) electrons. The highest BCUT2D eigenvalue weighted by atomic mass is 19.3. The SMILES string of the molecule is CC1CC2CC(C1)C(NC(=O)c1cnc(N3CC4(CCOCC4)c4cc(OC5CCC(N6CC(F)(F)C6)CC5)ncc43)nc1C(C)(F)F)(C(=O)O)C2. The molecule has 2 aromatic rings. The Balaban J connectivity index is 1.05. The molecule has 11 nitrogen and oxygen atoms in total. The van der Waals surface area contributed by atoms with Crippen molar-refractivity contribution in [3.63, 3.8) is 0 Å². The van der Waals surface area contributed by atoms with Gasteiger partial charge in [-0.05, 0) is 87.5 Å². The molecule has 6 aliphatic rings. The Morgan fingerprint density at radius 3 is 2.44 bits per heavy atom. The number of rotatable bonds is 8. The summed E-state index contributed by atoms with van der Waals surface area (Å²) in [6, 6.07) is 2.04. The molecule has 2 saturated heterocycles. The first kappa shape index (κ1) is 35.4. The van der Waals surface area contributed by atoms with Gasteiger partial charge in [0.25, 0.3) is 17.8 Å². The number of aromatic nitrogens is 3. The van der Waals surface area contributed by atoms with Crippen LogP contribution < -0.4 is 15.0 Å². The summed E-state index contributed by atoms with van der Waals surface area (Å²) in [6.45, 7) is 3.78. The van der Waals surface area contributed by atoms with Crippen LogP contribution >= 0.6 is 0 Å². The monoisotopic (exact) mass is 730 g/mol. The average Bonchev–Trinajstić information content (AvgIpc) is 3.53. The standard InChI is InChI=1S/C37H46F4N6O5/c1-21-11-22-13-23(12-21)37(15-22,32(49)50)45-31(48)26-16-43-33(44-30(26)34(2,38)39)47-18-35(7-9-51-10-8-35)27-14-29(42-17-28(27)47)52-25-5-3-24(4-6-25)46-19-36(40,41)20-46/h14,16-17,21-25H,3-13,15,18-20H2,1-2H3,(H,45,48)(H,49,50). The molecule has 5 fully saturated rings. The fourth-order valence-electron chi connectivity index (χ4n) is 10.2. The number of ether oxygens (including phenoxy) is 2. The molecule has 15 heteroatoms. The average molecular weight is 731 g/mol. The fourth-order valence-corrected chi connectivity index (χ4v) is 10.2. The van der Waals surface area contributed by atoms with Gasteiger partial charge in [-0.15, -0.1) is 0 Å². The van der Waals surface area contributed by atoms with Gasteiger partial charge in [0.2, 0.25) is 11.8 Å². The topological polar surface area (TPSA) is 130 Å². The maximum Gasteiger partial charge on any atom is 0.329 e. The van der Waals surface area contributed by atoms with Gasteiger partial charge in [-0.25, -0.2) is 28.5 Å². The minimum absolute atomic E-state index is 0.0125. The molecule has 0 aromatic carbocycles. The highest BCUT2D eigenvalue weighted by molar-refractivity contribution is 5.99. The molecule has 1 spiro atoms. The molecule has 282 valence electrons. The van der Waals surface area contributed by atoms with Crippen LogP contribution in [0.25, 0.3) is 0 Å². The summed E-state index contributed by atoms with van der Waals surface area (Å²) < 4.78 is 69.6. The summed E-state index contributed by atoms with van der Waals surface area (Å²) in [6.07, 6.45) is 9.41. The number of hydrogen-bond acceptors (Lipinski definition) is 9. The van der Waals surface area contributed by atoms with E-state index in [1.165, 1.54) is 0 Å². The molecule has 8 rings (SSSR count). The summed E-state index contributed by atoms with van der Waals surface area (Å²) in [5.74, 6) is -7.60. The number of hydrogen-bond donors (Lipinski definition) is 2. The maximum atomic E-state index is 15.3. The van der Waals surface area contributed by atoms with E-state index in [2.05, 4.69) is 27.2 Å². The minimum atomic E-state index is -3.54. The molecule has 4 unspecified atom stereocenters. The zero-order chi connectivity index (χ0) is 36.6. The van der Waals surface area contributed by atoms with Crippen LogP contribution in [0.1, 0.15) is 99.7 Å². The molecule has 4 atom stereocenters. The Morgan fingerprint density at radius 1 is 1.04 bits per heavy atom. The minimum Gasteiger partial charge on any atom is -0.479 e. The summed E-state index contributed by atoms with van der Waals surface area (Å²) in [5, 5.41) is 13.0. The number of likely N-dealkylation sites (tertiary alicyclic amines) is 1. The molecule has 2 bridgehead atoms. The second-order valence-corrected chi connectivity index (χ2v) is 16.5. The molecule has 3 saturated carbocycles. The first-order valence-corrected chi connectivity index (χ1v) is 18.6. The van der Waals surface area contributed by atoms with Crippen LogP contribution in [0.2, 0.25) is 0 Å². The number of amides is 1. The van der Waals surface area contributed by atoms with E-state index in [1.54, 1.807) is 11.1 Å². The van der Waals surface area contributed by atoms with Crippen molar-refractivity contribution in [1.82, 2.24) is 25.2 Å². The maximum absolute atomic E-state index is 15.3. The number of fused-ring (bicyclic) bond motifs is 4. The van der Waals surface area contributed by atoms with E-state index in [0.717, 1.165) is 43.9 Å². The summed E-state index contributed by atoms with van der Waals surface area (Å²) >= 11 is 0. The van der Waals surface area contributed by atoms with E-state index < -0.39 is 45.9 Å². The first-order valence-electron chi connectivity index (χ1n) is 18.6. The fraction of sp³-hybridized carbons (Fsp3) is 0.703. The first-order chi connectivity index (χ1) is 24.6. The second-order valence-electron chi connectivity index (χ2n) is 16.5. The quantitative estimate of drug-likeness (QED) is 0.320. The molecule has 1 amide bonds. The molecular formula is C37H46F4N6O5. The number of carboxylic acids is 1. The van der Waals surface area contributed by atoms with Gasteiger partial charge < -0.3 is 24.8 Å². The van der Waals surface area contributed by atoms with Crippen molar-refractivity contribution in [3.8, 4) is 5.88 Å². The van der Waals surface area contributed by atoms with Crippen molar-refractivity contribution in [2.45, 2.75) is 113 Å². The molecule has 5 heterocycles. The Kier molecular flexibility index (Phi) is 8.71. The van der Waals surface area contributed by atoms with Crippen LogP contribution in [0.4, 0.5) is 29.2 Å². The molecule has 3 aliphatic carbocycles. The van der Waals surface area contributed by atoms with E-state index >= 15 is 8.78 Å². The van der Waals surface area contributed by atoms with Crippen molar-refractivity contribution in [2.24, 2.45) is 17.8 Å². The molecule has 2 aromatic heterocycles. The van der Waals surface area contributed by atoms with E-state index in [0.29, 0.717) is 69.9 Å². The number of carbonyl (C=O) groups is 2. The lowest BCUT2D eigenvalue weighted by Crippen LogP contribution is -2.60. The highest BCUT2D eigenvalue weighted by Gasteiger charge is 2.57. The van der Waals surface area contributed by atoms with Gasteiger partial charge in [0.1, 0.15) is 17.3 Å². The zero-order valence-electron chi connectivity index (χ0n) is 29.6. The van der Waals surface area contributed by atoms with Crippen molar-refractivity contribution >= 4 is 23.5 Å². The third-order valence-electron chi connectivity index (χ3n) is 12.7. The van der Waals surface area contributed by atoms with Gasteiger partial charge >= 0.3 is 5.97 Å². The van der Waals surface area contributed by atoms with Crippen molar-refractivity contribution in [1.29, 1.82) is 0 Å². The van der Waals surface area contributed by atoms with Gasteiger partial charge in [-0.3, -0.25) is 9.69 Å². The Morgan fingerprint density at radius 2 is 1.77 bits per heavy atom. The third-order valence-corrected chi connectivity index (χ3v) is 12.7. The number of alkyl halides is 4. The predicted octanol–water partition coefficient (Wildman–Crippen LogP) is 5.83. The number of aliphatic carboxylic acids is 1. The van der Waals surface area contributed by atoms with E-state index in [1.807, 2.05) is 11.0 Å². The van der Waals surface area contributed by atoms with Crippen molar-refractivity contribution in [3.05, 3.63) is 35.3 Å². The van der Waals surface area contributed by atoms with Crippen molar-refractivity contribution in [2.75, 3.05) is 37.7 Å². The predicted molar refractivity (Wildman–Crippen MR) is 180 cm³/mol. The van der Waals surface area contributed by atoms with Crippen LogP contribution in [0.3, 0.4) is 0 Å². The number of carbonyl (C=O) groups excluding carboxylic acids is 1. The summed E-state index contributed by atoms with van der Waals surface area (Å²) in [5.41, 5.74) is -1.59. The molecular weight excluding hydrogens is 684 g/mol. The zero-order valence-corrected chi connectivity index (χ0v) is 29.6. The number of halogens is 4. The van der Waals surface area contributed by atoms with Crippen LogP contribution in [-0.2, 0) is 20.9 Å². The van der Waals surface area contributed by atoms with E-state index in [-0.39, 0.29) is 49.4 Å². The van der Waals surface area contributed by atoms with Crippen LogP contribution in [0.5, 0.6) is 5.88 Å². The number of anilines is 2. The van der Waals surface area contributed by atoms with E-state index in [4.69, 9.17) is 9.47 Å². The van der Waals surface area contributed by atoms with Gasteiger partial charge in [0.05, 0.1) is 30.5 Å². The summed E-state index contributed by atoms with van der Waals surface area (Å²) in [7, 11) is 0. The lowest BCUT2D eigenvalue weighted by molar-refractivity contribution is -0.151. The number of nitrogens with zero attached hydrogens (tertiary/aromatic N) is 5. The van der Waals surface area contributed by atoms with Gasteiger partial charge in [-0.1, -0.05) is 6.92 Å². The Labute approximate surface area is 299 Å². The smallest absolute Gasteiger partial charge is 0.329 e.